The second-order valence-corrected chi connectivity index (χ2v) is 17.4. The van der Waals surface area contributed by atoms with Gasteiger partial charge in [-0.25, -0.2) is 8.42 Å². The van der Waals surface area contributed by atoms with Gasteiger partial charge in [0, 0.05) is 32.3 Å². The Morgan fingerprint density at radius 3 is 2.46 bits per heavy atom. The highest BCUT2D eigenvalue weighted by atomic mass is 32.2. The van der Waals surface area contributed by atoms with Crippen molar-refractivity contribution in [2.45, 2.75) is 50.4 Å². The van der Waals surface area contributed by atoms with Crippen molar-refractivity contribution in [3.63, 3.8) is 0 Å². The van der Waals surface area contributed by atoms with Crippen molar-refractivity contribution in [1.29, 1.82) is 0 Å². The molecule has 1 aromatic carbocycles. The van der Waals surface area contributed by atoms with Gasteiger partial charge in [-0.1, -0.05) is 13.1 Å². The molecular weight excluding hydrogens is 557 g/mol. The van der Waals surface area contributed by atoms with E-state index in [1.165, 1.54) is 36.5 Å². The van der Waals surface area contributed by atoms with Crippen LogP contribution in [0.4, 0.5) is 30.2 Å². The Morgan fingerprint density at radius 2 is 1.85 bits per heavy atom. The number of rotatable bonds is 10. The lowest BCUT2D eigenvalue weighted by molar-refractivity contribution is -0.206. The Bertz CT molecular complexity index is 1340. The average Bonchev–Trinajstić information content (AvgIpc) is 2.83. The number of halogens is 3. The van der Waals surface area contributed by atoms with Crippen LogP contribution in [0.1, 0.15) is 16.8 Å². The predicted molar refractivity (Wildman–Crippen MR) is 146 cm³/mol. The molecule has 1 aromatic heterocycles. The molecule has 0 aliphatic carbocycles. The van der Waals surface area contributed by atoms with Crippen molar-refractivity contribution in [2.75, 3.05) is 40.4 Å². The molecule has 1 aliphatic rings. The van der Waals surface area contributed by atoms with E-state index in [0.29, 0.717) is 18.8 Å². The summed E-state index contributed by atoms with van der Waals surface area (Å²) >= 11 is 0. The van der Waals surface area contributed by atoms with Crippen molar-refractivity contribution in [3.8, 4) is 0 Å². The van der Waals surface area contributed by atoms with Crippen molar-refractivity contribution in [1.82, 2.24) is 4.57 Å². The third-order valence-electron chi connectivity index (χ3n) is 6.62. The number of alkyl halides is 3. The van der Waals surface area contributed by atoms with E-state index in [-0.39, 0.29) is 16.9 Å². The molecule has 3 rings (SSSR count). The van der Waals surface area contributed by atoms with E-state index in [4.69, 9.17) is 5.11 Å². The van der Waals surface area contributed by atoms with Crippen LogP contribution in [-0.4, -0.2) is 74.9 Å². The van der Waals surface area contributed by atoms with Gasteiger partial charge in [0.2, 0.25) is 10.0 Å². The number of nitrogens with zero attached hydrogens (tertiary/aromatic N) is 2. The molecule has 0 spiro atoms. The molecule has 1 atom stereocenters. The third-order valence-corrected chi connectivity index (χ3v) is 11.0. The van der Waals surface area contributed by atoms with E-state index < -0.39 is 67.2 Å². The quantitative estimate of drug-likeness (QED) is 0.312. The Hall–Kier alpha value is -2.88. The van der Waals surface area contributed by atoms with Crippen LogP contribution in [0, 0.1) is 0 Å². The highest BCUT2D eigenvalue weighted by Gasteiger charge is 2.37. The van der Waals surface area contributed by atoms with Crippen LogP contribution in [0.5, 0.6) is 0 Å². The first-order valence-electron chi connectivity index (χ1n) is 12.4. The zero-order valence-corrected chi connectivity index (χ0v) is 23.5. The number of carbonyl (C=O) groups is 1. The van der Waals surface area contributed by atoms with Gasteiger partial charge in [0.25, 0.3) is 11.5 Å². The highest BCUT2D eigenvalue weighted by Crippen LogP contribution is 2.32. The summed E-state index contributed by atoms with van der Waals surface area (Å²) in [5, 5.41) is 20.8. The zero-order valence-electron chi connectivity index (χ0n) is 21.7. The lowest BCUT2D eigenvalue weighted by Gasteiger charge is -2.38. The van der Waals surface area contributed by atoms with E-state index in [1.807, 2.05) is 4.90 Å². The van der Waals surface area contributed by atoms with Crippen LogP contribution >= 0.6 is 0 Å². The number of aryl methyl sites for hydroxylation is 1. The van der Waals surface area contributed by atoms with Crippen LogP contribution in [0.25, 0.3) is 0 Å². The van der Waals surface area contributed by atoms with Crippen LogP contribution in [-0.2, 0) is 16.6 Å². The lowest BCUT2D eigenvalue weighted by Crippen LogP contribution is -2.43. The topological polar surface area (TPSA) is 141 Å². The summed E-state index contributed by atoms with van der Waals surface area (Å²) in [7, 11) is -5.20. The first kappa shape index (κ1) is 30.7. The van der Waals surface area contributed by atoms with Gasteiger partial charge in [0.15, 0.2) is 6.10 Å². The number of amides is 1. The number of aliphatic hydroxyl groups is 2. The van der Waals surface area contributed by atoms with Gasteiger partial charge in [0.1, 0.15) is 5.69 Å². The van der Waals surface area contributed by atoms with E-state index in [2.05, 4.69) is 23.1 Å². The molecule has 0 saturated carbocycles. The number of aliphatic hydroxyl groups excluding tert-OH is 2. The summed E-state index contributed by atoms with van der Waals surface area (Å²) < 4.78 is 65.6. The van der Waals surface area contributed by atoms with E-state index in [0.717, 1.165) is 16.7 Å². The molecule has 0 bridgehead atoms. The van der Waals surface area contributed by atoms with Crippen molar-refractivity contribution in [2.24, 2.45) is 0 Å². The SMILES string of the molecule is C[Si]1(C)CCN(c2cc(NS(=O)(=O)CCO)ccc2C(=O)Nc2cccn(CC[C@H](O)C(F)(F)F)c2=O)CC1. The van der Waals surface area contributed by atoms with Gasteiger partial charge >= 0.3 is 6.18 Å². The van der Waals surface area contributed by atoms with Crippen LogP contribution in [0.15, 0.2) is 41.3 Å². The second kappa shape index (κ2) is 12.1. The van der Waals surface area contributed by atoms with Crippen LogP contribution in [0.2, 0.25) is 25.2 Å². The number of aromatic nitrogens is 1. The molecule has 1 fully saturated rings. The minimum absolute atomic E-state index is 0.158. The standard InChI is InChI=1S/C24H33F3N4O6SSi/c1-39(2)14-10-30(11-15-39)20-16-17(29-38(36,37)13-12-32)5-6-18(20)22(34)28-19-4-3-8-31(23(19)35)9-7-21(33)24(25,26)27/h3-6,8,16,21,29,32-33H,7,9-15H2,1-2H3,(H,28,34)/t21-/m0/s1. The van der Waals surface area contributed by atoms with Gasteiger partial charge in [-0.15, -0.1) is 0 Å². The largest absolute Gasteiger partial charge is 0.414 e. The monoisotopic (exact) mass is 590 g/mol. The summed E-state index contributed by atoms with van der Waals surface area (Å²) in [5.74, 6) is -1.14. The Labute approximate surface area is 225 Å². The van der Waals surface area contributed by atoms with Gasteiger partial charge in [0.05, 0.1) is 37.4 Å². The van der Waals surface area contributed by atoms with Crippen molar-refractivity contribution >= 4 is 41.1 Å². The number of benzene rings is 1. The predicted octanol–water partition coefficient (Wildman–Crippen LogP) is 2.68. The highest BCUT2D eigenvalue weighted by molar-refractivity contribution is 7.92. The van der Waals surface area contributed by atoms with Gasteiger partial charge in [-0.05, 0) is 42.4 Å². The number of hydrogen-bond donors (Lipinski definition) is 4. The van der Waals surface area contributed by atoms with Crippen LogP contribution < -0.4 is 20.5 Å². The summed E-state index contributed by atoms with van der Waals surface area (Å²) in [6.45, 7) is 4.89. The summed E-state index contributed by atoms with van der Waals surface area (Å²) in [6, 6.07) is 9.00. The second-order valence-electron chi connectivity index (χ2n) is 10.2. The van der Waals surface area contributed by atoms with Crippen molar-refractivity contribution in [3.05, 3.63) is 52.4 Å². The molecule has 216 valence electrons. The molecule has 39 heavy (non-hydrogen) atoms. The Morgan fingerprint density at radius 1 is 1.18 bits per heavy atom. The molecule has 10 nitrogen and oxygen atoms in total. The van der Waals surface area contributed by atoms with E-state index in [9.17, 15) is 36.3 Å². The Balaban J connectivity index is 1.88. The Kier molecular flexibility index (Phi) is 9.51. The molecule has 1 amide bonds. The molecule has 2 aromatic rings. The van der Waals surface area contributed by atoms with Gasteiger partial charge in [-0.2, -0.15) is 13.2 Å². The fourth-order valence-corrected chi connectivity index (χ4v) is 7.00. The fraction of sp³-hybridized carbons (Fsp3) is 0.500. The maximum Gasteiger partial charge on any atom is 0.414 e. The van der Waals surface area contributed by atoms with E-state index >= 15 is 0 Å². The molecule has 0 radical (unpaired) electrons. The normalized spacial score (nSPS) is 16.5. The van der Waals surface area contributed by atoms with Gasteiger partial charge in [-0.3, -0.25) is 14.3 Å². The molecular formula is C24H33F3N4O6SSi. The number of carbonyl (C=O) groups excluding carboxylic acids is 1. The number of sulfonamides is 1. The average molecular weight is 591 g/mol. The molecule has 2 heterocycles. The lowest BCUT2D eigenvalue weighted by atomic mass is 10.1. The summed E-state index contributed by atoms with van der Waals surface area (Å²) in [4.78, 5) is 28.1. The number of anilines is 3. The third kappa shape index (κ3) is 8.30. The first-order chi connectivity index (χ1) is 18.1. The number of nitrogens with one attached hydrogen (secondary N) is 2. The molecule has 4 N–H and O–H groups in total. The summed E-state index contributed by atoms with van der Waals surface area (Å²) in [6.07, 6.45) is -6.86. The van der Waals surface area contributed by atoms with Gasteiger partial charge < -0.3 is 25.0 Å². The maximum atomic E-state index is 13.3. The molecule has 1 aliphatic heterocycles. The summed E-state index contributed by atoms with van der Waals surface area (Å²) in [5.41, 5.74) is -0.0346. The first-order valence-corrected chi connectivity index (χ1v) is 17.4. The number of hydrogen-bond acceptors (Lipinski definition) is 7. The minimum Gasteiger partial charge on any atom is -0.395 e. The van der Waals surface area contributed by atoms with Crippen LogP contribution in [0.3, 0.4) is 0 Å². The smallest absolute Gasteiger partial charge is 0.395 e. The molecule has 0 unspecified atom stereocenters. The molecule has 1 saturated heterocycles. The number of pyridine rings is 1. The maximum absolute atomic E-state index is 13.3. The molecule has 15 heteroatoms. The fourth-order valence-electron chi connectivity index (χ4n) is 4.18. The zero-order chi connectivity index (χ0) is 29.0. The van der Waals surface area contributed by atoms with E-state index in [1.54, 1.807) is 0 Å². The van der Waals surface area contributed by atoms with Crippen molar-refractivity contribution < 1.29 is 36.6 Å². The minimum atomic E-state index is -4.81.